The smallest absolute Gasteiger partial charge is 0.0589 e. The first-order valence-electron chi connectivity index (χ1n) is 6.65. The van der Waals surface area contributed by atoms with Gasteiger partial charge in [0.2, 0.25) is 0 Å². The molecular formula is C13H25NO2. The van der Waals surface area contributed by atoms with Crippen LogP contribution in [0.3, 0.4) is 0 Å². The van der Waals surface area contributed by atoms with Crippen molar-refractivity contribution in [2.45, 2.75) is 25.7 Å². The Morgan fingerprint density at radius 1 is 1.25 bits per heavy atom. The predicted molar refractivity (Wildman–Crippen MR) is 64.3 cm³/mol. The molecule has 1 N–H and O–H groups in total. The van der Waals surface area contributed by atoms with Crippen LogP contribution in [0, 0.1) is 17.8 Å². The monoisotopic (exact) mass is 227 g/mol. The second-order valence-corrected chi connectivity index (χ2v) is 5.45. The van der Waals surface area contributed by atoms with Gasteiger partial charge < -0.3 is 9.84 Å². The first-order valence-corrected chi connectivity index (χ1v) is 6.65. The summed E-state index contributed by atoms with van der Waals surface area (Å²) in [5.74, 6) is 2.89. The van der Waals surface area contributed by atoms with Gasteiger partial charge in [0, 0.05) is 26.7 Å². The fourth-order valence-electron chi connectivity index (χ4n) is 3.59. The largest absolute Gasteiger partial charge is 0.395 e. The molecule has 3 atom stereocenters. The summed E-state index contributed by atoms with van der Waals surface area (Å²) in [5.41, 5.74) is 0. The number of hydrogen-bond donors (Lipinski definition) is 1. The Labute approximate surface area is 98.8 Å². The van der Waals surface area contributed by atoms with Crippen LogP contribution in [0.4, 0.5) is 0 Å². The fraction of sp³-hybridized carbons (Fsp3) is 1.00. The van der Waals surface area contributed by atoms with Gasteiger partial charge in [-0.25, -0.2) is 0 Å². The Balaban J connectivity index is 1.76. The highest BCUT2D eigenvalue weighted by atomic mass is 16.5. The van der Waals surface area contributed by atoms with Gasteiger partial charge in [0.25, 0.3) is 0 Å². The summed E-state index contributed by atoms with van der Waals surface area (Å²) < 4.78 is 5.12. The Bertz CT molecular complexity index is 210. The molecule has 3 unspecified atom stereocenters. The minimum atomic E-state index is 0.268. The summed E-state index contributed by atoms with van der Waals surface area (Å²) in [5, 5.41) is 9.06. The molecule has 0 aromatic heterocycles. The number of ether oxygens (including phenoxy) is 1. The van der Waals surface area contributed by atoms with Gasteiger partial charge >= 0.3 is 0 Å². The maximum atomic E-state index is 9.06. The van der Waals surface area contributed by atoms with Crippen LogP contribution in [-0.4, -0.2) is 50.0 Å². The van der Waals surface area contributed by atoms with E-state index in [9.17, 15) is 0 Å². The van der Waals surface area contributed by atoms with Crippen LogP contribution in [0.5, 0.6) is 0 Å². The molecule has 2 rings (SSSR count). The Hall–Kier alpha value is -0.120. The van der Waals surface area contributed by atoms with Crippen LogP contribution in [0.25, 0.3) is 0 Å². The van der Waals surface area contributed by atoms with Gasteiger partial charge in [-0.15, -0.1) is 0 Å². The lowest BCUT2D eigenvalue weighted by Crippen LogP contribution is -2.36. The van der Waals surface area contributed by atoms with Crippen molar-refractivity contribution in [1.29, 1.82) is 0 Å². The zero-order valence-corrected chi connectivity index (χ0v) is 10.4. The van der Waals surface area contributed by atoms with E-state index in [0.717, 1.165) is 37.5 Å². The highest BCUT2D eigenvalue weighted by Gasteiger charge is 2.39. The lowest BCUT2D eigenvalue weighted by molar-refractivity contribution is 0.109. The lowest BCUT2D eigenvalue weighted by atomic mass is 9.88. The highest BCUT2D eigenvalue weighted by Crippen LogP contribution is 2.48. The minimum absolute atomic E-state index is 0.268. The van der Waals surface area contributed by atoms with Crippen molar-refractivity contribution in [3.8, 4) is 0 Å². The molecule has 0 aromatic rings. The van der Waals surface area contributed by atoms with Crippen molar-refractivity contribution in [3.63, 3.8) is 0 Å². The van der Waals surface area contributed by atoms with E-state index in [-0.39, 0.29) is 6.61 Å². The Morgan fingerprint density at radius 2 is 2.12 bits per heavy atom. The molecule has 94 valence electrons. The Kier molecular flexibility index (Phi) is 4.62. The van der Waals surface area contributed by atoms with Crippen molar-refractivity contribution < 1.29 is 9.84 Å². The van der Waals surface area contributed by atoms with E-state index in [1.54, 1.807) is 7.11 Å². The molecule has 0 amide bonds. The van der Waals surface area contributed by atoms with E-state index in [4.69, 9.17) is 9.84 Å². The zero-order valence-electron chi connectivity index (χ0n) is 10.4. The van der Waals surface area contributed by atoms with Crippen molar-refractivity contribution in [3.05, 3.63) is 0 Å². The van der Waals surface area contributed by atoms with Crippen molar-refractivity contribution in [1.82, 2.24) is 4.90 Å². The molecule has 2 bridgehead atoms. The number of aliphatic hydroxyl groups is 1. The normalized spacial score (nSPS) is 32.8. The third-order valence-corrected chi connectivity index (χ3v) is 4.41. The van der Waals surface area contributed by atoms with Crippen LogP contribution in [0.15, 0.2) is 0 Å². The standard InChI is InChI=1S/C13H25NO2/c1-16-7-5-14(4-6-15)10-13-9-11-2-3-12(13)8-11/h11-13,15H,2-10H2,1H3. The number of fused-ring (bicyclic) bond motifs is 2. The SMILES string of the molecule is COCCN(CCO)CC1CC2CCC1C2. The van der Waals surface area contributed by atoms with Crippen LogP contribution < -0.4 is 0 Å². The number of methoxy groups -OCH3 is 1. The van der Waals surface area contributed by atoms with Crippen LogP contribution in [-0.2, 0) is 4.74 Å². The predicted octanol–water partition coefficient (Wildman–Crippen LogP) is 1.36. The first kappa shape index (κ1) is 12.3. The lowest BCUT2D eigenvalue weighted by Gasteiger charge is -2.29. The summed E-state index contributed by atoms with van der Waals surface area (Å²) in [7, 11) is 1.74. The van der Waals surface area contributed by atoms with Crippen LogP contribution in [0.1, 0.15) is 25.7 Å². The van der Waals surface area contributed by atoms with E-state index >= 15 is 0 Å². The number of nitrogens with zero attached hydrogens (tertiary/aromatic N) is 1. The van der Waals surface area contributed by atoms with Crippen molar-refractivity contribution in [2.75, 3.05) is 40.0 Å². The van der Waals surface area contributed by atoms with Gasteiger partial charge in [0.05, 0.1) is 13.2 Å². The molecule has 16 heavy (non-hydrogen) atoms. The first-order chi connectivity index (χ1) is 7.83. The second-order valence-electron chi connectivity index (χ2n) is 5.45. The molecule has 2 aliphatic rings. The molecule has 2 fully saturated rings. The summed E-state index contributed by atoms with van der Waals surface area (Å²) in [6.07, 6.45) is 5.83. The van der Waals surface area contributed by atoms with Gasteiger partial charge in [-0.1, -0.05) is 6.42 Å². The number of rotatable bonds is 7. The van der Waals surface area contributed by atoms with Gasteiger partial charge in [-0.3, -0.25) is 4.90 Å². The summed E-state index contributed by atoms with van der Waals surface area (Å²) in [6.45, 7) is 3.98. The third kappa shape index (κ3) is 2.96. The van der Waals surface area contributed by atoms with Gasteiger partial charge in [0.1, 0.15) is 0 Å². The summed E-state index contributed by atoms with van der Waals surface area (Å²) in [4.78, 5) is 2.37. The van der Waals surface area contributed by atoms with Gasteiger partial charge in [0.15, 0.2) is 0 Å². The average Bonchev–Trinajstić information content (AvgIpc) is 2.88. The molecule has 3 heteroatoms. The topological polar surface area (TPSA) is 32.7 Å². The minimum Gasteiger partial charge on any atom is -0.395 e. The maximum Gasteiger partial charge on any atom is 0.0589 e. The van der Waals surface area contributed by atoms with Crippen LogP contribution >= 0.6 is 0 Å². The average molecular weight is 227 g/mol. The fourth-order valence-corrected chi connectivity index (χ4v) is 3.59. The molecule has 0 heterocycles. The summed E-state index contributed by atoms with van der Waals surface area (Å²) >= 11 is 0. The molecule has 3 nitrogen and oxygen atoms in total. The van der Waals surface area contributed by atoms with E-state index in [2.05, 4.69) is 4.90 Å². The number of hydrogen-bond acceptors (Lipinski definition) is 3. The second kappa shape index (κ2) is 5.99. The van der Waals surface area contributed by atoms with E-state index < -0.39 is 0 Å². The molecule has 0 saturated heterocycles. The zero-order chi connectivity index (χ0) is 11.4. The summed E-state index contributed by atoms with van der Waals surface area (Å²) in [6, 6.07) is 0. The maximum absolute atomic E-state index is 9.06. The molecule has 2 aliphatic carbocycles. The quantitative estimate of drug-likeness (QED) is 0.713. The van der Waals surface area contributed by atoms with Gasteiger partial charge in [-0.05, 0) is 37.0 Å². The Morgan fingerprint density at radius 3 is 2.69 bits per heavy atom. The number of aliphatic hydroxyl groups excluding tert-OH is 1. The molecule has 0 aliphatic heterocycles. The van der Waals surface area contributed by atoms with E-state index in [1.165, 1.54) is 32.2 Å². The molecular weight excluding hydrogens is 202 g/mol. The molecule has 0 aromatic carbocycles. The van der Waals surface area contributed by atoms with E-state index in [1.807, 2.05) is 0 Å². The van der Waals surface area contributed by atoms with Crippen molar-refractivity contribution in [2.24, 2.45) is 17.8 Å². The van der Waals surface area contributed by atoms with Crippen LogP contribution in [0.2, 0.25) is 0 Å². The molecule has 0 spiro atoms. The third-order valence-electron chi connectivity index (χ3n) is 4.41. The van der Waals surface area contributed by atoms with E-state index in [0.29, 0.717) is 0 Å². The molecule has 0 radical (unpaired) electrons. The van der Waals surface area contributed by atoms with Gasteiger partial charge in [-0.2, -0.15) is 0 Å². The van der Waals surface area contributed by atoms with Crippen molar-refractivity contribution >= 4 is 0 Å². The molecule has 2 saturated carbocycles. The highest BCUT2D eigenvalue weighted by molar-refractivity contribution is 4.91.